The second-order valence-corrected chi connectivity index (χ2v) is 5.30. The molecule has 2 aromatic rings. The Morgan fingerprint density at radius 2 is 1.70 bits per heavy atom. The molecule has 1 amide bonds. The summed E-state index contributed by atoms with van der Waals surface area (Å²) in [6.45, 7) is -0.286. The Morgan fingerprint density at radius 1 is 1.13 bits per heavy atom. The molecule has 0 aliphatic rings. The van der Waals surface area contributed by atoms with Gasteiger partial charge in [-0.2, -0.15) is 0 Å². The number of hydrogen-bond donors (Lipinski definition) is 2. The SMILES string of the molecule is CN(C)c1ccc(C(=O)NCC(O)c2c(F)cccc2F)cc1. The van der Waals surface area contributed by atoms with Crippen LogP contribution in [0.3, 0.4) is 0 Å². The molecule has 0 aliphatic heterocycles. The van der Waals surface area contributed by atoms with Crippen LogP contribution in [0.15, 0.2) is 42.5 Å². The first-order chi connectivity index (χ1) is 10.9. The van der Waals surface area contributed by atoms with Crippen LogP contribution in [0.1, 0.15) is 22.0 Å². The minimum atomic E-state index is -1.46. The van der Waals surface area contributed by atoms with Crippen LogP contribution in [0.2, 0.25) is 0 Å². The topological polar surface area (TPSA) is 52.6 Å². The van der Waals surface area contributed by atoms with Gasteiger partial charge in [-0.15, -0.1) is 0 Å². The number of nitrogens with one attached hydrogen (secondary N) is 1. The van der Waals surface area contributed by atoms with Gasteiger partial charge in [0.05, 0.1) is 5.56 Å². The fourth-order valence-corrected chi connectivity index (χ4v) is 2.13. The third kappa shape index (κ3) is 4.04. The van der Waals surface area contributed by atoms with E-state index in [1.54, 1.807) is 24.3 Å². The molecule has 0 fully saturated rings. The van der Waals surface area contributed by atoms with Crippen molar-refractivity contribution in [3.8, 4) is 0 Å². The molecule has 0 aliphatic carbocycles. The van der Waals surface area contributed by atoms with Gasteiger partial charge in [-0.25, -0.2) is 8.78 Å². The molecule has 2 N–H and O–H groups in total. The fourth-order valence-electron chi connectivity index (χ4n) is 2.13. The Balaban J connectivity index is 2.01. The van der Waals surface area contributed by atoms with Crippen LogP contribution >= 0.6 is 0 Å². The van der Waals surface area contributed by atoms with Gasteiger partial charge in [0.1, 0.15) is 17.7 Å². The summed E-state index contributed by atoms with van der Waals surface area (Å²) in [7, 11) is 3.77. The van der Waals surface area contributed by atoms with Crippen molar-refractivity contribution in [3.63, 3.8) is 0 Å². The lowest BCUT2D eigenvalue weighted by Gasteiger charge is -2.15. The second-order valence-electron chi connectivity index (χ2n) is 5.30. The van der Waals surface area contributed by atoms with Crippen molar-refractivity contribution in [2.24, 2.45) is 0 Å². The van der Waals surface area contributed by atoms with Crippen LogP contribution in [0.4, 0.5) is 14.5 Å². The van der Waals surface area contributed by atoms with Crippen molar-refractivity contribution in [3.05, 3.63) is 65.2 Å². The molecular formula is C17H18F2N2O2. The first kappa shape index (κ1) is 16.9. The molecule has 0 bridgehead atoms. The maximum absolute atomic E-state index is 13.6. The zero-order valence-electron chi connectivity index (χ0n) is 12.9. The number of benzene rings is 2. The van der Waals surface area contributed by atoms with E-state index >= 15 is 0 Å². The number of rotatable bonds is 5. The molecule has 0 saturated carbocycles. The van der Waals surface area contributed by atoms with Crippen molar-refractivity contribution in [1.29, 1.82) is 0 Å². The van der Waals surface area contributed by atoms with Crippen LogP contribution < -0.4 is 10.2 Å². The van der Waals surface area contributed by atoms with Crippen LogP contribution in [-0.2, 0) is 0 Å². The summed E-state index contributed by atoms with van der Waals surface area (Å²) >= 11 is 0. The number of carbonyl (C=O) groups is 1. The number of aliphatic hydroxyl groups excluding tert-OH is 1. The van der Waals surface area contributed by atoms with Gasteiger partial charge in [-0.1, -0.05) is 6.07 Å². The smallest absolute Gasteiger partial charge is 0.251 e. The van der Waals surface area contributed by atoms with E-state index in [1.165, 1.54) is 6.07 Å². The average Bonchev–Trinajstić information content (AvgIpc) is 2.52. The lowest BCUT2D eigenvalue weighted by Crippen LogP contribution is -2.29. The van der Waals surface area contributed by atoms with Gasteiger partial charge in [-0.05, 0) is 36.4 Å². The van der Waals surface area contributed by atoms with Gasteiger partial charge >= 0.3 is 0 Å². The minimum Gasteiger partial charge on any atom is -0.386 e. The molecule has 6 heteroatoms. The lowest BCUT2D eigenvalue weighted by atomic mass is 10.1. The van der Waals surface area contributed by atoms with E-state index in [1.807, 2.05) is 19.0 Å². The number of nitrogens with zero attached hydrogens (tertiary/aromatic N) is 1. The maximum Gasteiger partial charge on any atom is 0.251 e. The predicted molar refractivity (Wildman–Crippen MR) is 84.4 cm³/mol. The molecule has 23 heavy (non-hydrogen) atoms. The van der Waals surface area contributed by atoms with Gasteiger partial charge in [0.2, 0.25) is 0 Å². The predicted octanol–water partition coefficient (Wildman–Crippen LogP) is 2.49. The Morgan fingerprint density at radius 3 is 2.22 bits per heavy atom. The van der Waals surface area contributed by atoms with Gasteiger partial charge in [0, 0.05) is 31.9 Å². The molecule has 1 atom stereocenters. The van der Waals surface area contributed by atoms with Crippen molar-refractivity contribution in [2.75, 3.05) is 25.5 Å². The standard InChI is InChI=1S/C17H18F2N2O2/c1-21(2)12-8-6-11(7-9-12)17(23)20-10-15(22)16-13(18)4-3-5-14(16)19/h3-9,15,22H,10H2,1-2H3,(H,20,23). The summed E-state index contributed by atoms with van der Waals surface area (Å²) in [5.41, 5.74) is 0.891. The van der Waals surface area contributed by atoms with Crippen LogP contribution in [-0.4, -0.2) is 31.7 Å². The molecule has 0 aromatic heterocycles. The summed E-state index contributed by atoms with van der Waals surface area (Å²) in [6.07, 6.45) is -1.46. The number of carbonyl (C=O) groups excluding carboxylic acids is 1. The fraction of sp³-hybridized carbons (Fsp3) is 0.235. The zero-order valence-corrected chi connectivity index (χ0v) is 12.9. The van der Waals surface area contributed by atoms with Crippen molar-refractivity contribution in [2.45, 2.75) is 6.10 Å². The van der Waals surface area contributed by atoms with Crippen LogP contribution in [0.5, 0.6) is 0 Å². The monoisotopic (exact) mass is 320 g/mol. The van der Waals surface area contributed by atoms with Crippen LogP contribution in [0.25, 0.3) is 0 Å². The maximum atomic E-state index is 13.6. The number of amides is 1. The molecule has 0 saturated heterocycles. The second kappa shape index (κ2) is 7.19. The molecule has 0 radical (unpaired) electrons. The van der Waals surface area contributed by atoms with Crippen molar-refractivity contribution in [1.82, 2.24) is 5.32 Å². The molecule has 2 rings (SSSR count). The largest absolute Gasteiger partial charge is 0.386 e. The Bertz CT molecular complexity index is 667. The molecule has 0 spiro atoms. The minimum absolute atomic E-state index is 0.286. The lowest BCUT2D eigenvalue weighted by molar-refractivity contribution is 0.0911. The van der Waals surface area contributed by atoms with E-state index in [2.05, 4.69) is 5.32 Å². The van der Waals surface area contributed by atoms with E-state index < -0.39 is 29.2 Å². The first-order valence-corrected chi connectivity index (χ1v) is 7.07. The summed E-state index contributed by atoms with van der Waals surface area (Å²) < 4.78 is 27.1. The number of halogens is 2. The number of hydrogen-bond acceptors (Lipinski definition) is 3. The van der Waals surface area contributed by atoms with E-state index in [4.69, 9.17) is 0 Å². The number of anilines is 1. The summed E-state index contributed by atoms with van der Waals surface area (Å²) in [6, 6.07) is 10.2. The third-order valence-electron chi connectivity index (χ3n) is 3.43. The zero-order chi connectivity index (χ0) is 17.0. The summed E-state index contributed by atoms with van der Waals surface area (Å²) in [5, 5.41) is 12.4. The molecule has 0 heterocycles. The van der Waals surface area contributed by atoms with Crippen molar-refractivity contribution >= 4 is 11.6 Å². The van der Waals surface area contributed by atoms with Gasteiger partial charge in [0.25, 0.3) is 5.91 Å². The quantitative estimate of drug-likeness (QED) is 0.890. The molecule has 2 aromatic carbocycles. The summed E-state index contributed by atoms with van der Waals surface area (Å²) in [5.74, 6) is -2.12. The van der Waals surface area contributed by atoms with Gasteiger partial charge < -0.3 is 15.3 Å². The van der Waals surface area contributed by atoms with E-state index in [-0.39, 0.29) is 6.54 Å². The Kier molecular flexibility index (Phi) is 5.28. The average molecular weight is 320 g/mol. The van der Waals surface area contributed by atoms with E-state index in [0.717, 1.165) is 17.8 Å². The highest BCUT2D eigenvalue weighted by molar-refractivity contribution is 5.94. The molecular weight excluding hydrogens is 302 g/mol. The summed E-state index contributed by atoms with van der Waals surface area (Å²) in [4.78, 5) is 13.9. The normalized spacial score (nSPS) is 11.9. The Hall–Kier alpha value is -2.47. The van der Waals surface area contributed by atoms with E-state index in [0.29, 0.717) is 5.56 Å². The molecule has 122 valence electrons. The highest BCUT2D eigenvalue weighted by Crippen LogP contribution is 2.20. The van der Waals surface area contributed by atoms with Crippen LogP contribution in [0, 0.1) is 11.6 Å². The van der Waals surface area contributed by atoms with Crippen molar-refractivity contribution < 1.29 is 18.7 Å². The number of aliphatic hydroxyl groups is 1. The highest BCUT2D eigenvalue weighted by atomic mass is 19.1. The van der Waals surface area contributed by atoms with Gasteiger partial charge in [-0.3, -0.25) is 4.79 Å². The van der Waals surface area contributed by atoms with E-state index in [9.17, 15) is 18.7 Å². The highest BCUT2D eigenvalue weighted by Gasteiger charge is 2.18. The van der Waals surface area contributed by atoms with Gasteiger partial charge in [0.15, 0.2) is 0 Å². The molecule has 4 nitrogen and oxygen atoms in total. The Labute approximate surface area is 133 Å². The first-order valence-electron chi connectivity index (χ1n) is 7.07. The third-order valence-corrected chi connectivity index (χ3v) is 3.43. The molecule has 1 unspecified atom stereocenters.